The van der Waals surface area contributed by atoms with Crippen LogP contribution in [0.1, 0.15) is 26.2 Å². The van der Waals surface area contributed by atoms with Gasteiger partial charge in [-0.25, -0.2) is 0 Å². The molecule has 0 saturated heterocycles. The molecule has 0 heterocycles. The molecule has 68 valence electrons. The van der Waals surface area contributed by atoms with Gasteiger partial charge in [-0.05, 0) is 32.2 Å². The molecule has 2 atom stereocenters. The molecule has 3 heteroatoms. The summed E-state index contributed by atoms with van der Waals surface area (Å²) in [6, 6.07) is 0. The van der Waals surface area contributed by atoms with Crippen LogP contribution in [-0.4, -0.2) is 24.3 Å². The van der Waals surface area contributed by atoms with Gasteiger partial charge in [0.15, 0.2) is 0 Å². The summed E-state index contributed by atoms with van der Waals surface area (Å²) in [4.78, 5) is 0. The van der Waals surface area contributed by atoms with E-state index in [-0.39, 0.29) is 6.23 Å². The quantitative estimate of drug-likeness (QED) is 0.479. The van der Waals surface area contributed by atoms with E-state index in [1.807, 2.05) is 0 Å². The maximum atomic E-state index is 9.39. The highest BCUT2D eigenvalue weighted by Gasteiger charge is 2.13. The molecule has 0 radical (unpaired) electrons. The Morgan fingerprint density at radius 1 is 1.55 bits per heavy atom. The van der Waals surface area contributed by atoms with Crippen LogP contribution < -0.4 is 5.32 Å². The zero-order chi connectivity index (χ0) is 8.69. The van der Waals surface area contributed by atoms with Gasteiger partial charge >= 0.3 is 0 Å². The van der Waals surface area contributed by atoms with Crippen molar-refractivity contribution >= 4 is 11.6 Å². The number of rotatable bonds is 6. The summed E-state index contributed by atoms with van der Waals surface area (Å²) in [5.41, 5.74) is 0. The molecular weight excluding hydrogens is 162 g/mol. The van der Waals surface area contributed by atoms with Crippen molar-refractivity contribution in [2.24, 2.45) is 5.92 Å². The van der Waals surface area contributed by atoms with Gasteiger partial charge in [-0.1, -0.05) is 6.92 Å². The van der Waals surface area contributed by atoms with Crippen molar-refractivity contribution in [3.8, 4) is 0 Å². The molecule has 0 aliphatic carbocycles. The van der Waals surface area contributed by atoms with Crippen molar-refractivity contribution in [2.75, 3.05) is 12.9 Å². The van der Waals surface area contributed by atoms with Crippen molar-refractivity contribution in [3.63, 3.8) is 0 Å². The number of hydrogen-bond acceptors (Lipinski definition) is 2. The van der Waals surface area contributed by atoms with Gasteiger partial charge < -0.3 is 5.11 Å². The lowest BCUT2D eigenvalue weighted by Crippen LogP contribution is -2.32. The van der Waals surface area contributed by atoms with Crippen LogP contribution in [-0.2, 0) is 0 Å². The largest absolute Gasteiger partial charge is 0.378 e. The van der Waals surface area contributed by atoms with Gasteiger partial charge in [0.25, 0.3) is 0 Å². The SMILES string of the molecule is CCC(CCCCl)C(O)NC. The van der Waals surface area contributed by atoms with Crippen LogP contribution in [0.4, 0.5) is 0 Å². The van der Waals surface area contributed by atoms with E-state index in [1.165, 1.54) is 0 Å². The van der Waals surface area contributed by atoms with Crippen LogP contribution in [0.5, 0.6) is 0 Å². The molecule has 2 unspecified atom stereocenters. The Hall–Kier alpha value is 0.210. The van der Waals surface area contributed by atoms with Crippen LogP contribution in [0.25, 0.3) is 0 Å². The predicted octanol–water partition coefficient (Wildman–Crippen LogP) is 1.57. The second-order valence-electron chi connectivity index (χ2n) is 2.73. The van der Waals surface area contributed by atoms with Crippen molar-refractivity contribution in [2.45, 2.75) is 32.4 Å². The van der Waals surface area contributed by atoms with Crippen LogP contribution in [0, 0.1) is 5.92 Å². The minimum absolute atomic E-state index is 0.346. The summed E-state index contributed by atoms with van der Waals surface area (Å²) >= 11 is 5.55. The Balaban J connectivity index is 3.56. The van der Waals surface area contributed by atoms with E-state index in [1.54, 1.807) is 7.05 Å². The van der Waals surface area contributed by atoms with Gasteiger partial charge in [0.2, 0.25) is 0 Å². The third-order valence-electron chi connectivity index (χ3n) is 1.98. The molecule has 0 aromatic rings. The number of nitrogens with one attached hydrogen (secondary N) is 1. The molecule has 0 fully saturated rings. The zero-order valence-electron chi connectivity index (χ0n) is 7.31. The molecule has 0 saturated carbocycles. The Morgan fingerprint density at radius 3 is 2.55 bits per heavy atom. The maximum Gasteiger partial charge on any atom is 0.107 e. The summed E-state index contributed by atoms with van der Waals surface area (Å²) in [6.45, 7) is 2.08. The lowest BCUT2D eigenvalue weighted by molar-refractivity contribution is 0.0753. The van der Waals surface area contributed by atoms with Crippen molar-refractivity contribution in [3.05, 3.63) is 0 Å². The fourth-order valence-corrected chi connectivity index (χ4v) is 1.31. The Bertz CT molecular complexity index is 90.2. The van der Waals surface area contributed by atoms with Crippen LogP contribution in [0.2, 0.25) is 0 Å². The Morgan fingerprint density at radius 2 is 2.18 bits per heavy atom. The molecule has 0 aliphatic rings. The Labute approximate surface area is 73.9 Å². The second kappa shape index (κ2) is 6.89. The highest BCUT2D eigenvalue weighted by Crippen LogP contribution is 2.14. The first kappa shape index (κ1) is 11.2. The van der Waals surface area contributed by atoms with Gasteiger partial charge in [-0.15, -0.1) is 11.6 Å². The molecule has 0 aromatic carbocycles. The van der Waals surface area contributed by atoms with Crippen molar-refractivity contribution in [1.29, 1.82) is 0 Å². The molecular formula is C8H18ClNO. The number of hydrogen-bond donors (Lipinski definition) is 2. The second-order valence-corrected chi connectivity index (χ2v) is 3.11. The normalized spacial score (nSPS) is 16.4. The third-order valence-corrected chi connectivity index (χ3v) is 2.24. The van der Waals surface area contributed by atoms with Crippen LogP contribution in [0.3, 0.4) is 0 Å². The Kier molecular flexibility index (Phi) is 7.02. The molecule has 2 nitrogen and oxygen atoms in total. The molecule has 0 spiro atoms. The first-order chi connectivity index (χ1) is 5.26. The third kappa shape index (κ3) is 4.62. The zero-order valence-corrected chi connectivity index (χ0v) is 8.06. The van der Waals surface area contributed by atoms with Crippen LogP contribution >= 0.6 is 11.6 Å². The van der Waals surface area contributed by atoms with E-state index in [0.29, 0.717) is 11.8 Å². The lowest BCUT2D eigenvalue weighted by atomic mass is 9.99. The molecule has 2 N–H and O–H groups in total. The predicted molar refractivity (Wildman–Crippen MR) is 48.8 cm³/mol. The van der Waals surface area contributed by atoms with Gasteiger partial charge in [0.05, 0.1) is 0 Å². The average Bonchev–Trinajstić information content (AvgIpc) is 2.05. The first-order valence-electron chi connectivity index (χ1n) is 4.17. The molecule has 0 amide bonds. The minimum atomic E-state index is -0.372. The van der Waals surface area contributed by atoms with Gasteiger partial charge in [0, 0.05) is 5.88 Å². The lowest BCUT2D eigenvalue weighted by Gasteiger charge is -2.20. The van der Waals surface area contributed by atoms with Gasteiger partial charge in [-0.3, -0.25) is 5.32 Å². The molecule has 0 bridgehead atoms. The van der Waals surface area contributed by atoms with Crippen LogP contribution in [0.15, 0.2) is 0 Å². The highest BCUT2D eigenvalue weighted by atomic mass is 35.5. The summed E-state index contributed by atoms with van der Waals surface area (Å²) in [6.07, 6.45) is 2.61. The monoisotopic (exact) mass is 179 g/mol. The summed E-state index contributed by atoms with van der Waals surface area (Å²) in [7, 11) is 1.77. The van der Waals surface area contributed by atoms with E-state index < -0.39 is 0 Å². The fraction of sp³-hybridized carbons (Fsp3) is 1.00. The first-order valence-corrected chi connectivity index (χ1v) is 4.71. The fourth-order valence-electron chi connectivity index (χ4n) is 1.16. The van der Waals surface area contributed by atoms with E-state index in [4.69, 9.17) is 11.6 Å². The van der Waals surface area contributed by atoms with Crippen molar-refractivity contribution in [1.82, 2.24) is 5.32 Å². The molecule has 0 aliphatic heterocycles. The summed E-state index contributed by atoms with van der Waals surface area (Å²) in [5, 5.41) is 12.2. The van der Waals surface area contributed by atoms with E-state index in [0.717, 1.165) is 19.3 Å². The topological polar surface area (TPSA) is 32.3 Å². The number of alkyl halides is 1. The standard InChI is InChI=1S/C8H18ClNO/c1-3-7(5-4-6-9)8(11)10-2/h7-8,10-11H,3-6H2,1-2H3. The van der Waals surface area contributed by atoms with E-state index in [2.05, 4.69) is 12.2 Å². The smallest absolute Gasteiger partial charge is 0.107 e. The van der Waals surface area contributed by atoms with E-state index in [9.17, 15) is 5.11 Å². The minimum Gasteiger partial charge on any atom is -0.378 e. The van der Waals surface area contributed by atoms with Gasteiger partial charge in [-0.2, -0.15) is 0 Å². The number of aliphatic hydroxyl groups is 1. The summed E-state index contributed by atoms with van der Waals surface area (Å²) < 4.78 is 0. The summed E-state index contributed by atoms with van der Waals surface area (Å²) in [5.74, 6) is 1.03. The average molecular weight is 180 g/mol. The van der Waals surface area contributed by atoms with Gasteiger partial charge in [0.1, 0.15) is 6.23 Å². The highest BCUT2D eigenvalue weighted by molar-refractivity contribution is 6.17. The number of aliphatic hydroxyl groups excluding tert-OH is 1. The maximum absolute atomic E-state index is 9.39. The molecule has 0 rings (SSSR count). The van der Waals surface area contributed by atoms with E-state index >= 15 is 0 Å². The molecule has 11 heavy (non-hydrogen) atoms. The molecule has 0 aromatic heterocycles. The van der Waals surface area contributed by atoms with Crippen molar-refractivity contribution < 1.29 is 5.11 Å². The number of halogens is 1.